The first kappa shape index (κ1) is 15.7. The Morgan fingerprint density at radius 2 is 1.88 bits per heavy atom. The van der Waals surface area contributed by atoms with E-state index in [9.17, 15) is 9.18 Å². The summed E-state index contributed by atoms with van der Waals surface area (Å²) in [4.78, 5) is 14.9. The Bertz CT molecular complexity index is 958. The summed E-state index contributed by atoms with van der Waals surface area (Å²) in [6.07, 6.45) is 0.737. The van der Waals surface area contributed by atoms with Gasteiger partial charge in [-0.2, -0.15) is 0 Å². The third-order valence-electron chi connectivity index (χ3n) is 4.61. The Labute approximate surface area is 144 Å². The summed E-state index contributed by atoms with van der Waals surface area (Å²) >= 11 is 0. The van der Waals surface area contributed by atoms with E-state index in [0.717, 1.165) is 36.5 Å². The molecule has 1 aromatic heterocycles. The second-order valence-electron chi connectivity index (χ2n) is 6.36. The number of halogens is 1. The fraction of sp³-hybridized carbons (Fsp3) is 0.211. The molecule has 1 aliphatic heterocycles. The number of aromatic nitrogens is 2. The maximum Gasteiger partial charge on any atom is 0.276 e. The molecule has 2 aromatic carbocycles. The van der Waals surface area contributed by atoms with Crippen LogP contribution in [0.5, 0.6) is 0 Å². The number of fused-ring (bicyclic) bond motifs is 1. The summed E-state index contributed by atoms with van der Waals surface area (Å²) in [5.41, 5.74) is 9.30. The Morgan fingerprint density at radius 1 is 1.12 bits per heavy atom. The van der Waals surface area contributed by atoms with Crippen LogP contribution in [0.2, 0.25) is 0 Å². The molecule has 2 heterocycles. The zero-order chi connectivity index (χ0) is 17.4. The highest BCUT2D eigenvalue weighted by molar-refractivity contribution is 5.39. The summed E-state index contributed by atoms with van der Waals surface area (Å²) in [6.45, 7) is 2.15. The van der Waals surface area contributed by atoms with Crippen LogP contribution in [0.4, 0.5) is 10.1 Å². The fourth-order valence-corrected chi connectivity index (χ4v) is 3.28. The SMILES string of the molecule is Nc1ccc(CN2CCc3[nH]n(-c4ccccc4F)c(=O)c3C2)cc1. The lowest BCUT2D eigenvalue weighted by atomic mass is 10.1. The Hall–Kier alpha value is -2.86. The molecular weight excluding hydrogens is 319 g/mol. The lowest BCUT2D eigenvalue weighted by Gasteiger charge is -2.25. The normalized spacial score (nSPS) is 14.4. The summed E-state index contributed by atoms with van der Waals surface area (Å²) < 4.78 is 15.3. The van der Waals surface area contributed by atoms with Gasteiger partial charge in [-0.15, -0.1) is 0 Å². The number of para-hydroxylation sites is 1. The maximum absolute atomic E-state index is 14.0. The van der Waals surface area contributed by atoms with E-state index in [0.29, 0.717) is 12.1 Å². The van der Waals surface area contributed by atoms with Gasteiger partial charge in [0, 0.05) is 37.4 Å². The lowest BCUT2D eigenvalue weighted by Crippen LogP contribution is -2.32. The summed E-state index contributed by atoms with van der Waals surface area (Å²) in [5, 5.41) is 3.07. The standard InChI is InChI=1S/C19H19FN4O/c20-16-3-1-2-4-18(16)24-19(25)15-12-23(10-9-17(15)22-24)11-13-5-7-14(21)8-6-13/h1-8,22H,9-12,21H2. The topological polar surface area (TPSA) is 67.0 Å². The average molecular weight is 338 g/mol. The lowest BCUT2D eigenvalue weighted by molar-refractivity contribution is 0.244. The molecule has 3 aromatic rings. The molecule has 0 bridgehead atoms. The molecule has 0 saturated heterocycles. The van der Waals surface area contributed by atoms with Gasteiger partial charge in [0.25, 0.3) is 5.56 Å². The van der Waals surface area contributed by atoms with Crippen molar-refractivity contribution in [2.75, 3.05) is 12.3 Å². The molecule has 0 aliphatic carbocycles. The van der Waals surface area contributed by atoms with Gasteiger partial charge < -0.3 is 5.73 Å². The molecule has 6 heteroatoms. The molecule has 1 aliphatic rings. The Morgan fingerprint density at radius 3 is 2.64 bits per heavy atom. The van der Waals surface area contributed by atoms with Crippen molar-refractivity contribution >= 4 is 5.69 Å². The van der Waals surface area contributed by atoms with Crippen LogP contribution in [0, 0.1) is 5.82 Å². The van der Waals surface area contributed by atoms with E-state index in [1.807, 2.05) is 24.3 Å². The van der Waals surface area contributed by atoms with Gasteiger partial charge in [0.05, 0.1) is 5.56 Å². The van der Waals surface area contributed by atoms with E-state index < -0.39 is 5.82 Å². The molecule has 3 N–H and O–H groups in total. The predicted octanol–water partition coefficient (Wildman–Crippen LogP) is 2.45. The maximum atomic E-state index is 14.0. The number of hydrogen-bond donors (Lipinski definition) is 2. The van der Waals surface area contributed by atoms with Crippen LogP contribution in [0.3, 0.4) is 0 Å². The second-order valence-corrected chi connectivity index (χ2v) is 6.36. The Kier molecular flexibility index (Phi) is 3.89. The quantitative estimate of drug-likeness (QED) is 0.721. The number of aromatic amines is 1. The van der Waals surface area contributed by atoms with Crippen LogP contribution in [-0.2, 0) is 19.5 Å². The average Bonchev–Trinajstić information content (AvgIpc) is 2.94. The number of H-pyrrole nitrogens is 1. The molecule has 0 spiro atoms. The highest BCUT2D eigenvalue weighted by Crippen LogP contribution is 2.19. The molecule has 0 saturated carbocycles. The minimum absolute atomic E-state index is 0.179. The second kappa shape index (κ2) is 6.22. The van der Waals surface area contributed by atoms with Crippen molar-refractivity contribution in [1.29, 1.82) is 0 Å². The van der Waals surface area contributed by atoms with Crippen molar-refractivity contribution in [1.82, 2.24) is 14.7 Å². The van der Waals surface area contributed by atoms with Crippen LogP contribution in [-0.4, -0.2) is 21.2 Å². The van der Waals surface area contributed by atoms with Crippen molar-refractivity contribution in [3.63, 3.8) is 0 Å². The van der Waals surface area contributed by atoms with E-state index in [1.165, 1.54) is 10.7 Å². The van der Waals surface area contributed by atoms with E-state index >= 15 is 0 Å². The Balaban J connectivity index is 1.60. The van der Waals surface area contributed by atoms with Crippen LogP contribution in [0.1, 0.15) is 16.8 Å². The molecule has 0 atom stereocenters. The molecule has 5 nitrogen and oxygen atoms in total. The highest BCUT2D eigenvalue weighted by Gasteiger charge is 2.23. The van der Waals surface area contributed by atoms with Crippen molar-refractivity contribution < 1.29 is 4.39 Å². The van der Waals surface area contributed by atoms with Gasteiger partial charge in [0.1, 0.15) is 11.5 Å². The van der Waals surface area contributed by atoms with E-state index in [4.69, 9.17) is 5.73 Å². The smallest absolute Gasteiger partial charge is 0.276 e. The van der Waals surface area contributed by atoms with Gasteiger partial charge in [0.15, 0.2) is 0 Å². The van der Waals surface area contributed by atoms with E-state index in [-0.39, 0.29) is 11.2 Å². The molecule has 0 fully saturated rings. The zero-order valence-electron chi connectivity index (χ0n) is 13.7. The summed E-state index contributed by atoms with van der Waals surface area (Å²) in [5.74, 6) is -0.415. The largest absolute Gasteiger partial charge is 0.399 e. The highest BCUT2D eigenvalue weighted by atomic mass is 19.1. The third kappa shape index (κ3) is 2.96. The summed E-state index contributed by atoms with van der Waals surface area (Å²) in [6, 6.07) is 14.1. The van der Waals surface area contributed by atoms with E-state index in [2.05, 4.69) is 10.00 Å². The fourth-order valence-electron chi connectivity index (χ4n) is 3.28. The minimum Gasteiger partial charge on any atom is -0.399 e. The summed E-state index contributed by atoms with van der Waals surface area (Å²) in [7, 11) is 0. The van der Waals surface area contributed by atoms with Crippen LogP contribution < -0.4 is 11.3 Å². The first-order chi connectivity index (χ1) is 12.1. The number of rotatable bonds is 3. The monoisotopic (exact) mass is 338 g/mol. The zero-order valence-corrected chi connectivity index (χ0v) is 13.7. The number of nitrogens with zero attached hydrogens (tertiary/aromatic N) is 2. The number of nitrogens with one attached hydrogen (secondary N) is 1. The molecule has 0 radical (unpaired) electrons. The van der Waals surface area contributed by atoms with Crippen molar-refractivity contribution in [3.05, 3.63) is 81.5 Å². The van der Waals surface area contributed by atoms with Crippen molar-refractivity contribution in [2.24, 2.45) is 0 Å². The molecule has 0 amide bonds. The van der Waals surface area contributed by atoms with Crippen LogP contribution in [0.25, 0.3) is 5.69 Å². The van der Waals surface area contributed by atoms with Crippen molar-refractivity contribution in [2.45, 2.75) is 19.5 Å². The minimum atomic E-state index is -0.415. The van der Waals surface area contributed by atoms with Gasteiger partial charge in [-0.1, -0.05) is 24.3 Å². The number of hydrogen-bond acceptors (Lipinski definition) is 3. The molecule has 0 unspecified atom stereocenters. The van der Waals surface area contributed by atoms with Gasteiger partial charge >= 0.3 is 0 Å². The molecule has 128 valence electrons. The molecule has 4 rings (SSSR count). The molecule has 25 heavy (non-hydrogen) atoms. The van der Waals surface area contributed by atoms with Crippen LogP contribution in [0.15, 0.2) is 53.3 Å². The van der Waals surface area contributed by atoms with Gasteiger partial charge in [-0.05, 0) is 29.8 Å². The first-order valence-corrected chi connectivity index (χ1v) is 8.26. The number of benzene rings is 2. The van der Waals surface area contributed by atoms with Gasteiger partial charge in [-0.3, -0.25) is 14.8 Å². The van der Waals surface area contributed by atoms with Crippen molar-refractivity contribution in [3.8, 4) is 5.69 Å². The predicted molar refractivity (Wildman–Crippen MR) is 95.0 cm³/mol. The van der Waals surface area contributed by atoms with E-state index in [1.54, 1.807) is 18.2 Å². The third-order valence-corrected chi connectivity index (χ3v) is 4.61. The molecular formula is C19H19FN4O. The number of nitrogens with two attached hydrogens (primary N) is 1. The number of anilines is 1. The van der Waals surface area contributed by atoms with Crippen LogP contribution >= 0.6 is 0 Å². The van der Waals surface area contributed by atoms with Gasteiger partial charge in [-0.25, -0.2) is 9.07 Å². The number of nitrogen functional groups attached to an aromatic ring is 1. The first-order valence-electron chi connectivity index (χ1n) is 8.26. The van der Waals surface area contributed by atoms with Gasteiger partial charge in [0.2, 0.25) is 0 Å².